The zero-order chi connectivity index (χ0) is 27.7. The summed E-state index contributed by atoms with van der Waals surface area (Å²) >= 11 is 0. The number of nitrogens with two attached hydrogens (primary N) is 2. The average Bonchev–Trinajstić information content (AvgIpc) is 2.96. The van der Waals surface area contributed by atoms with Gasteiger partial charge in [-0.1, -0.05) is 105 Å². The van der Waals surface area contributed by atoms with Crippen molar-refractivity contribution in [3.8, 4) is 17.2 Å². The highest BCUT2D eigenvalue weighted by atomic mass is 14.5. The molecule has 0 radical (unpaired) electrons. The van der Waals surface area contributed by atoms with E-state index in [1.54, 1.807) is 19.2 Å². The number of hydrogen-bond acceptors (Lipinski definition) is 3. The summed E-state index contributed by atoms with van der Waals surface area (Å²) in [6.07, 6.45) is 16.9. The van der Waals surface area contributed by atoms with Gasteiger partial charge in [-0.25, -0.2) is 0 Å². The maximum atomic E-state index is 9.10. The molecule has 3 heteroatoms. The second-order valence-electron chi connectivity index (χ2n) is 8.66. The number of rotatable bonds is 10. The number of hydrogen-bond donors (Lipinski definition) is 2. The van der Waals surface area contributed by atoms with Crippen LogP contribution in [0.1, 0.15) is 41.2 Å². The van der Waals surface area contributed by atoms with Gasteiger partial charge in [-0.15, -0.1) is 0 Å². The zero-order valence-corrected chi connectivity index (χ0v) is 21.9. The summed E-state index contributed by atoms with van der Waals surface area (Å²) in [5.41, 5.74) is 21.2. The lowest BCUT2D eigenvalue weighted by molar-refractivity contribution is 1.24. The minimum Gasteiger partial charge on any atom is -0.404 e. The molecule has 3 rings (SSSR count). The molecule has 0 aliphatic carbocycles. The third-order valence-electron chi connectivity index (χ3n) is 6.45. The molecule has 0 saturated heterocycles. The Kier molecular flexibility index (Phi) is 9.24. The van der Waals surface area contributed by atoms with Crippen LogP contribution in [0.25, 0.3) is 51.8 Å². The van der Waals surface area contributed by atoms with Gasteiger partial charge >= 0.3 is 0 Å². The first kappa shape index (κ1) is 27.5. The first-order valence-electron chi connectivity index (χ1n) is 12.3. The summed E-state index contributed by atoms with van der Waals surface area (Å²) < 4.78 is 0. The summed E-state index contributed by atoms with van der Waals surface area (Å²) in [6.45, 7) is 18.1. The Morgan fingerprint density at radius 3 is 2.11 bits per heavy atom. The topological polar surface area (TPSA) is 75.8 Å². The second-order valence-corrected chi connectivity index (χ2v) is 8.66. The van der Waals surface area contributed by atoms with Crippen LogP contribution in [0.3, 0.4) is 0 Å². The lowest BCUT2D eigenvalue weighted by atomic mass is 9.81. The molecule has 0 fully saturated rings. The van der Waals surface area contributed by atoms with E-state index in [-0.39, 0.29) is 0 Å². The predicted molar refractivity (Wildman–Crippen MR) is 167 cm³/mol. The minimum absolute atomic E-state index is 0.553. The third kappa shape index (κ3) is 5.36. The molecule has 38 heavy (non-hydrogen) atoms. The van der Waals surface area contributed by atoms with Crippen molar-refractivity contribution in [3.63, 3.8) is 0 Å². The molecule has 0 amide bonds. The number of fused-ring (bicyclic) bond motifs is 1. The predicted octanol–water partition coefficient (Wildman–Crippen LogP) is 8.64. The van der Waals surface area contributed by atoms with Gasteiger partial charge in [-0.05, 0) is 86.5 Å². The molecule has 0 aliphatic heterocycles. The molecule has 188 valence electrons. The van der Waals surface area contributed by atoms with E-state index in [4.69, 9.17) is 16.7 Å². The van der Waals surface area contributed by atoms with Crippen LogP contribution in [0, 0.1) is 11.3 Å². The molecule has 0 atom stereocenters. The van der Waals surface area contributed by atoms with Gasteiger partial charge < -0.3 is 11.5 Å². The van der Waals surface area contributed by atoms with Gasteiger partial charge in [0, 0.05) is 11.8 Å². The lowest BCUT2D eigenvalue weighted by Gasteiger charge is -2.22. The molecule has 3 nitrogen and oxygen atoms in total. The van der Waals surface area contributed by atoms with Crippen LogP contribution in [-0.4, -0.2) is 0 Å². The van der Waals surface area contributed by atoms with Crippen molar-refractivity contribution < 1.29 is 0 Å². The lowest BCUT2D eigenvalue weighted by Crippen LogP contribution is -2.00. The Hall–Kier alpha value is -5.07. The van der Waals surface area contributed by atoms with Gasteiger partial charge in [0.25, 0.3) is 0 Å². The molecule has 0 aliphatic rings. The maximum absolute atomic E-state index is 9.10. The largest absolute Gasteiger partial charge is 0.404 e. The number of allylic oxidation sites excluding steroid dienone is 6. The van der Waals surface area contributed by atoms with E-state index in [0.29, 0.717) is 12.0 Å². The Morgan fingerprint density at radius 1 is 0.842 bits per heavy atom. The van der Waals surface area contributed by atoms with Crippen molar-refractivity contribution in [1.82, 2.24) is 0 Å². The quantitative estimate of drug-likeness (QED) is 0.218. The highest BCUT2D eigenvalue weighted by Gasteiger charge is 2.20. The average molecular weight is 496 g/mol. The van der Waals surface area contributed by atoms with Gasteiger partial charge in [0.15, 0.2) is 0 Å². The van der Waals surface area contributed by atoms with Gasteiger partial charge in [0.2, 0.25) is 0 Å². The van der Waals surface area contributed by atoms with Gasteiger partial charge in [-0.2, -0.15) is 5.26 Å². The van der Waals surface area contributed by atoms with Crippen LogP contribution in [-0.2, 0) is 0 Å². The molecular formula is C35H33N3. The smallest absolute Gasteiger partial charge is 0.0944 e. The summed E-state index contributed by atoms with van der Waals surface area (Å²) in [4.78, 5) is 0. The standard InChI is InChI=1S/C35H33N3/c1-6-26-15-13-19-31(28(26)7-2)35-30(9-4)29(8-3)34(32-17-10-11-18-33(32)35)27(23-38)16-12-14-25(22-37)20-24(5)21-36/h6-13,15-20,22-23H,1-4,14,37-38H2,5H3/b16-12-,24-20+,25-22-,27-23+. The van der Waals surface area contributed by atoms with Crippen LogP contribution in [0.2, 0.25) is 0 Å². The van der Waals surface area contributed by atoms with Gasteiger partial charge in [0.1, 0.15) is 0 Å². The van der Waals surface area contributed by atoms with E-state index in [0.717, 1.165) is 60.9 Å². The number of nitriles is 1. The molecule has 3 aromatic carbocycles. The fraction of sp³-hybridized carbons (Fsp3) is 0.0571. The van der Waals surface area contributed by atoms with E-state index >= 15 is 0 Å². The van der Waals surface area contributed by atoms with Crippen LogP contribution in [0.15, 0.2) is 111 Å². The van der Waals surface area contributed by atoms with Crippen molar-refractivity contribution in [2.45, 2.75) is 13.3 Å². The van der Waals surface area contributed by atoms with Crippen molar-refractivity contribution in [3.05, 3.63) is 138 Å². The van der Waals surface area contributed by atoms with Crippen LogP contribution in [0.5, 0.6) is 0 Å². The first-order chi connectivity index (χ1) is 18.5. The number of nitrogens with zero attached hydrogens (tertiary/aromatic N) is 1. The SMILES string of the molecule is C=Cc1cccc(-c2c(C=C)c(C=C)c(C(/C=C\CC(=C/N)/C=C(\C)C#N)=C/N)c3ccccc23)c1C=C. The summed E-state index contributed by atoms with van der Waals surface area (Å²) in [5.74, 6) is 0. The highest BCUT2D eigenvalue weighted by Crippen LogP contribution is 2.43. The molecular weight excluding hydrogens is 462 g/mol. The zero-order valence-electron chi connectivity index (χ0n) is 21.9. The van der Waals surface area contributed by atoms with Crippen molar-refractivity contribution >= 4 is 40.6 Å². The van der Waals surface area contributed by atoms with Gasteiger partial charge in [0.05, 0.1) is 6.07 Å². The fourth-order valence-corrected chi connectivity index (χ4v) is 4.74. The fourth-order valence-electron chi connectivity index (χ4n) is 4.74. The van der Waals surface area contributed by atoms with Crippen molar-refractivity contribution in [2.75, 3.05) is 0 Å². The highest BCUT2D eigenvalue weighted by molar-refractivity contribution is 6.11. The molecule has 4 N–H and O–H groups in total. The van der Waals surface area contributed by atoms with Crippen LogP contribution in [0.4, 0.5) is 0 Å². The molecule has 3 aromatic rings. The summed E-state index contributed by atoms with van der Waals surface area (Å²) in [7, 11) is 0. The first-order valence-corrected chi connectivity index (χ1v) is 12.3. The molecule has 0 heterocycles. The van der Waals surface area contributed by atoms with E-state index in [1.807, 2.05) is 60.7 Å². The van der Waals surface area contributed by atoms with Crippen molar-refractivity contribution in [2.24, 2.45) is 11.5 Å². The molecule has 0 unspecified atom stereocenters. The third-order valence-corrected chi connectivity index (χ3v) is 6.45. The van der Waals surface area contributed by atoms with E-state index in [9.17, 15) is 0 Å². The van der Waals surface area contributed by atoms with Crippen LogP contribution < -0.4 is 11.5 Å². The summed E-state index contributed by atoms with van der Waals surface area (Å²) in [6, 6.07) is 16.6. The van der Waals surface area contributed by atoms with Crippen molar-refractivity contribution in [1.29, 1.82) is 5.26 Å². The van der Waals surface area contributed by atoms with E-state index in [2.05, 4.69) is 50.6 Å². The maximum Gasteiger partial charge on any atom is 0.0944 e. The molecule has 0 bridgehead atoms. The van der Waals surface area contributed by atoms with E-state index in [1.165, 1.54) is 6.20 Å². The van der Waals surface area contributed by atoms with Crippen LogP contribution >= 0.6 is 0 Å². The van der Waals surface area contributed by atoms with E-state index < -0.39 is 0 Å². The monoisotopic (exact) mass is 495 g/mol. The summed E-state index contributed by atoms with van der Waals surface area (Å²) in [5, 5.41) is 11.2. The Morgan fingerprint density at radius 2 is 1.53 bits per heavy atom. The normalized spacial score (nSPS) is 12.4. The molecule has 0 saturated carbocycles. The Balaban J connectivity index is 2.33. The second kappa shape index (κ2) is 12.8. The molecule has 0 aromatic heterocycles. The van der Waals surface area contributed by atoms with Gasteiger partial charge in [-0.3, -0.25) is 0 Å². The minimum atomic E-state index is 0.553. The Bertz CT molecular complexity index is 1580. The molecule has 0 spiro atoms. The number of benzene rings is 3. The Labute approximate surface area is 226 Å².